The van der Waals surface area contributed by atoms with Crippen molar-refractivity contribution in [3.63, 3.8) is 0 Å². The van der Waals surface area contributed by atoms with E-state index in [1.165, 1.54) is 30.3 Å². The molecular weight excluding hydrogens is 486 g/mol. The molecule has 7 nitrogen and oxygen atoms in total. The van der Waals surface area contributed by atoms with Crippen molar-refractivity contribution in [3.05, 3.63) is 86.5 Å². The number of rotatable bonds is 6. The molecule has 1 saturated carbocycles. The van der Waals surface area contributed by atoms with Crippen molar-refractivity contribution < 1.29 is 14.1 Å². The molecule has 3 aromatic rings. The summed E-state index contributed by atoms with van der Waals surface area (Å²) in [6, 6.07) is 16.6. The van der Waals surface area contributed by atoms with Gasteiger partial charge in [0.05, 0.1) is 15.5 Å². The highest BCUT2D eigenvalue weighted by atomic mass is 32.2. The van der Waals surface area contributed by atoms with Crippen LogP contribution < -0.4 is 0 Å². The number of hydrogen-bond donors (Lipinski definition) is 0. The lowest BCUT2D eigenvalue weighted by molar-refractivity contribution is -0.384. The molecule has 0 unspecified atom stereocenters. The van der Waals surface area contributed by atoms with Crippen LogP contribution in [0.15, 0.2) is 68.9 Å². The minimum atomic E-state index is -0.409. The number of furan rings is 1. The number of amidine groups is 1. The molecule has 0 N–H and O–H groups in total. The van der Waals surface area contributed by atoms with Gasteiger partial charge in [-0.3, -0.25) is 19.8 Å². The average molecular weight is 516 g/mol. The first-order valence-electron chi connectivity index (χ1n) is 12.7. The number of thioether (sulfide) groups is 1. The fourth-order valence-corrected chi connectivity index (χ4v) is 6.02. The zero-order valence-electron chi connectivity index (χ0n) is 21.0. The standard InChI is InChI=1S/C29H29N3O4S/c1-3-20-9-7-8-12-25(20)30-29-31(21-10-5-4-6-11-21)28(33)27(37-29)18-23-14-16-26(36-23)24-15-13-22(32(34)35)17-19(24)2/h7-9,12-18,21H,3-6,10-11H2,1-2H3/b27-18+,30-29?. The molecule has 190 valence electrons. The van der Waals surface area contributed by atoms with Gasteiger partial charge in [-0.2, -0.15) is 0 Å². The third-order valence-corrected chi connectivity index (χ3v) is 7.93. The Balaban J connectivity index is 1.47. The highest BCUT2D eigenvalue weighted by Gasteiger charge is 2.39. The monoisotopic (exact) mass is 515 g/mol. The maximum atomic E-state index is 13.6. The van der Waals surface area contributed by atoms with Gasteiger partial charge in [0.1, 0.15) is 11.5 Å². The molecule has 2 fully saturated rings. The molecule has 1 amide bonds. The fraction of sp³-hybridized carbons (Fsp3) is 0.310. The third kappa shape index (κ3) is 5.25. The van der Waals surface area contributed by atoms with Crippen LogP contribution >= 0.6 is 11.8 Å². The molecule has 0 radical (unpaired) electrons. The Morgan fingerprint density at radius 1 is 1.14 bits per heavy atom. The predicted octanol–water partition coefficient (Wildman–Crippen LogP) is 7.66. The van der Waals surface area contributed by atoms with Crippen molar-refractivity contribution in [3.8, 4) is 11.3 Å². The van der Waals surface area contributed by atoms with Gasteiger partial charge in [0.25, 0.3) is 11.6 Å². The Hall–Kier alpha value is -3.65. The van der Waals surface area contributed by atoms with Crippen LogP contribution in [0.4, 0.5) is 11.4 Å². The van der Waals surface area contributed by atoms with E-state index in [-0.39, 0.29) is 17.6 Å². The Morgan fingerprint density at radius 2 is 1.92 bits per heavy atom. The van der Waals surface area contributed by atoms with Gasteiger partial charge in [0.15, 0.2) is 5.17 Å². The first kappa shape index (κ1) is 25.0. The number of nitro benzene ring substituents is 1. The number of benzene rings is 2. The minimum Gasteiger partial charge on any atom is -0.457 e. The van der Waals surface area contributed by atoms with Crippen molar-refractivity contribution in [2.75, 3.05) is 0 Å². The van der Waals surface area contributed by atoms with E-state index >= 15 is 0 Å². The van der Waals surface area contributed by atoms with Gasteiger partial charge in [-0.05, 0) is 73.3 Å². The molecule has 0 spiro atoms. The lowest BCUT2D eigenvalue weighted by Gasteiger charge is -2.30. The SMILES string of the molecule is CCc1ccccc1N=C1S/C(=C/c2ccc(-c3ccc([N+](=O)[O-])cc3C)o2)C(=O)N1C1CCCCC1. The number of non-ortho nitro benzene ring substituents is 1. The van der Waals surface area contributed by atoms with Crippen molar-refractivity contribution in [2.45, 2.75) is 58.4 Å². The number of aliphatic imine (C=N–C) groups is 1. The van der Waals surface area contributed by atoms with Crippen LogP contribution in [0, 0.1) is 17.0 Å². The lowest BCUT2D eigenvalue weighted by atomic mass is 9.94. The van der Waals surface area contributed by atoms with Crippen LogP contribution in [0.2, 0.25) is 0 Å². The van der Waals surface area contributed by atoms with E-state index in [0.29, 0.717) is 16.4 Å². The smallest absolute Gasteiger partial charge is 0.269 e. The lowest BCUT2D eigenvalue weighted by Crippen LogP contribution is -2.40. The zero-order chi connectivity index (χ0) is 25.9. The second-order valence-electron chi connectivity index (χ2n) is 9.41. The van der Waals surface area contributed by atoms with Gasteiger partial charge in [-0.25, -0.2) is 4.99 Å². The van der Waals surface area contributed by atoms with Crippen molar-refractivity contribution >= 4 is 40.3 Å². The van der Waals surface area contributed by atoms with Gasteiger partial charge >= 0.3 is 0 Å². The molecule has 2 heterocycles. The Bertz CT molecular complexity index is 1400. The number of amides is 1. The van der Waals surface area contributed by atoms with E-state index in [1.807, 2.05) is 42.2 Å². The fourth-order valence-electron chi connectivity index (χ4n) is 4.99. The average Bonchev–Trinajstić information content (AvgIpc) is 3.49. The third-order valence-electron chi connectivity index (χ3n) is 6.95. The molecule has 5 rings (SSSR count). The summed E-state index contributed by atoms with van der Waals surface area (Å²) in [5.41, 5.74) is 3.63. The number of nitro groups is 1. The van der Waals surface area contributed by atoms with Gasteiger partial charge in [0.2, 0.25) is 0 Å². The van der Waals surface area contributed by atoms with Crippen molar-refractivity contribution in [1.29, 1.82) is 0 Å². The first-order chi connectivity index (χ1) is 17.9. The molecule has 1 aliphatic heterocycles. The van der Waals surface area contributed by atoms with Gasteiger partial charge < -0.3 is 4.42 Å². The molecule has 1 aromatic heterocycles. The number of carbonyl (C=O) groups is 1. The number of nitrogens with zero attached hydrogens (tertiary/aromatic N) is 3. The second-order valence-corrected chi connectivity index (χ2v) is 10.4. The van der Waals surface area contributed by atoms with Crippen LogP contribution in [0.1, 0.15) is 55.9 Å². The minimum absolute atomic E-state index is 0.0332. The summed E-state index contributed by atoms with van der Waals surface area (Å²) in [6.07, 6.45) is 8.06. The maximum Gasteiger partial charge on any atom is 0.269 e. The van der Waals surface area contributed by atoms with E-state index in [0.717, 1.165) is 59.6 Å². The summed E-state index contributed by atoms with van der Waals surface area (Å²) < 4.78 is 6.06. The van der Waals surface area contributed by atoms with Crippen molar-refractivity contribution in [2.24, 2.45) is 4.99 Å². The van der Waals surface area contributed by atoms with Crippen LogP contribution in [-0.2, 0) is 11.2 Å². The molecule has 1 aliphatic carbocycles. The normalized spacial score (nSPS) is 18.8. The Morgan fingerprint density at radius 3 is 2.65 bits per heavy atom. The summed E-state index contributed by atoms with van der Waals surface area (Å²) in [7, 11) is 0. The number of aryl methyl sites for hydroxylation is 2. The topological polar surface area (TPSA) is 89.0 Å². The van der Waals surface area contributed by atoms with Gasteiger partial charge in [-0.1, -0.05) is 44.4 Å². The molecule has 2 aliphatic rings. The summed E-state index contributed by atoms with van der Waals surface area (Å²) in [5.74, 6) is 1.13. The van der Waals surface area contributed by atoms with E-state index in [9.17, 15) is 14.9 Å². The molecule has 2 aromatic carbocycles. The maximum absolute atomic E-state index is 13.6. The predicted molar refractivity (Wildman–Crippen MR) is 148 cm³/mol. The summed E-state index contributed by atoms with van der Waals surface area (Å²) in [6.45, 7) is 3.93. The van der Waals surface area contributed by atoms with Gasteiger partial charge in [-0.15, -0.1) is 0 Å². The van der Waals surface area contributed by atoms with Crippen LogP contribution in [0.5, 0.6) is 0 Å². The second kappa shape index (κ2) is 10.8. The first-order valence-corrected chi connectivity index (χ1v) is 13.5. The summed E-state index contributed by atoms with van der Waals surface area (Å²) >= 11 is 1.40. The Kier molecular flexibility index (Phi) is 7.28. The summed E-state index contributed by atoms with van der Waals surface area (Å²) in [5, 5.41) is 11.8. The summed E-state index contributed by atoms with van der Waals surface area (Å²) in [4.78, 5) is 31.8. The number of para-hydroxylation sites is 1. The molecule has 1 saturated heterocycles. The van der Waals surface area contributed by atoms with E-state index in [2.05, 4.69) is 13.0 Å². The largest absolute Gasteiger partial charge is 0.457 e. The molecule has 8 heteroatoms. The number of hydrogen-bond acceptors (Lipinski definition) is 6. The van der Waals surface area contributed by atoms with Crippen molar-refractivity contribution in [1.82, 2.24) is 4.90 Å². The highest BCUT2D eigenvalue weighted by molar-refractivity contribution is 8.18. The molecular formula is C29H29N3O4S. The Labute approximate surface area is 220 Å². The van der Waals surface area contributed by atoms with Crippen LogP contribution in [0.3, 0.4) is 0 Å². The quantitative estimate of drug-likeness (QED) is 0.191. The number of carbonyl (C=O) groups excluding carboxylic acids is 1. The molecule has 0 atom stereocenters. The zero-order valence-corrected chi connectivity index (χ0v) is 21.8. The van der Waals surface area contributed by atoms with E-state index < -0.39 is 4.92 Å². The molecule has 0 bridgehead atoms. The highest BCUT2D eigenvalue weighted by Crippen LogP contribution is 2.39. The van der Waals surface area contributed by atoms with E-state index in [1.54, 1.807) is 12.1 Å². The van der Waals surface area contributed by atoms with Crippen LogP contribution in [0.25, 0.3) is 17.4 Å². The molecule has 37 heavy (non-hydrogen) atoms. The van der Waals surface area contributed by atoms with Crippen LogP contribution in [-0.4, -0.2) is 26.9 Å². The van der Waals surface area contributed by atoms with E-state index in [4.69, 9.17) is 9.41 Å². The van der Waals surface area contributed by atoms with Gasteiger partial charge in [0, 0.05) is 29.8 Å².